The maximum Gasteiger partial charge on any atom is 0.270 e. The number of fused-ring (bicyclic) bond motifs is 3. The summed E-state index contributed by atoms with van der Waals surface area (Å²) in [5.41, 5.74) is 4.82. The zero-order valence-corrected chi connectivity index (χ0v) is 12.4. The van der Waals surface area contributed by atoms with Crippen LogP contribution in [0.1, 0.15) is 11.1 Å². The minimum atomic E-state index is -0.418. The number of nitro benzene ring substituents is 1. The molecule has 1 aliphatic rings. The number of hydrogen-bond donors (Lipinski definition) is 0. The van der Waals surface area contributed by atoms with Crippen LogP contribution in [0, 0.1) is 15.9 Å². The van der Waals surface area contributed by atoms with Gasteiger partial charge in [0.15, 0.2) is 0 Å². The van der Waals surface area contributed by atoms with Gasteiger partial charge in [0.2, 0.25) is 0 Å². The van der Waals surface area contributed by atoms with Crippen molar-refractivity contribution in [2.24, 2.45) is 4.99 Å². The van der Waals surface area contributed by atoms with Crippen LogP contribution in [-0.2, 0) is 0 Å². The lowest BCUT2D eigenvalue weighted by atomic mass is 10.1. The Morgan fingerprint density at radius 2 is 1.50 bits per heavy atom. The SMILES string of the molecule is O=[N+]([O-])c1ccc2c(c1)C(=Nc1ccc(F)cc1)c1ccccc1-2. The fraction of sp³-hybridized carbons (Fsp3) is 0. The van der Waals surface area contributed by atoms with Gasteiger partial charge in [-0.3, -0.25) is 10.1 Å². The van der Waals surface area contributed by atoms with E-state index in [1.165, 1.54) is 24.3 Å². The molecular formula is C19H11FN2O2. The lowest BCUT2D eigenvalue weighted by Gasteiger charge is -2.02. The normalized spacial score (nSPS) is 13.6. The molecule has 0 heterocycles. The molecule has 0 amide bonds. The lowest BCUT2D eigenvalue weighted by Crippen LogP contribution is -1.99. The van der Waals surface area contributed by atoms with E-state index in [-0.39, 0.29) is 11.5 Å². The van der Waals surface area contributed by atoms with E-state index in [9.17, 15) is 14.5 Å². The first-order valence-electron chi connectivity index (χ1n) is 7.36. The zero-order chi connectivity index (χ0) is 16.7. The lowest BCUT2D eigenvalue weighted by molar-refractivity contribution is -0.384. The average Bonchev–Trinajstić information content (AvgIpc) is 2.90. The number of nitrogens with zero attached hydrogens (tertiary/aromatic N) is 2. The molecule has 0 saturated carbocycles. The van der Waals surface area contributed by atoms with Crippen LogP contribution in [0.25, 0.3) is 11.1 Å². The van der Waals surface area contributed by atoms with Gasteiger partial charge in [0, 0.05) is 23.3 Å². The number of nitro groups is 1. The molecule has 0 unspecified atom stereocenters. The highest BCUT2D eigenvalue weighted by molar-refractivity contribution is 6.25. The molecule has 0 spiro atoms. The Morgan fingerprint density at radius 3 is 2.21 bits per heavy atom. The average molecular weight is 318 g/mol. The first-order chi connectivity index (χ1) is 11.6. The van der Waals surface area contributed by atoms with Gasteiger partial charge in [-0.15, -0.1) is 0 Å². The number of halogens is 1. The van der Waals surface area contributed by atoms with E-state index in [2.05, 4.69) is 4.99 Å². The van der Waals surface area contributed by atoms with Gasteiger partial charge in [0.05, 0.1) is 16.3 Å². The van der Waals surface area contributed by atoms with Crippen molar-refractivity contribution in [3.8, 4) is 11.1 Å². The molecule has 3 aromatic carbocycles. The summed E-state index contributed by atoms with van der Waals surface area (Å²) >= 11 is 0. The molecular weight excluding hydrogens is 307 g/mol. The zero-order valence-electron chi connectivity index (χ0n) is 12.4. The van der Waals surface area contributed by atoms with Gasteiger partial charge in [-0.05, 0) is 41.5 Å². The highest BCUT2D eigenvalue weighted by Gasteiger charge is 2.26. The summed E-state index contributed by atoms with van der Waals surface area (Å²) in [5, 5.41) is 11.1. The maximum absolute atomic E-state index is 13.1. The molecule has 0 N–H and O–H groups in total. The molecule has 4 nitrogen and oxygen atoms in total. The Bertz CT molecular complexity index is 995. The minimum absolute atomic E-state index is 0.0216. The summed E-state index contributed by atoms with van der Waals surface area (Å²) in [6.45, 7) is 0. The summed E-state index contributed by atoms with van der Waals surface area (Å²) in [5.74, 6) is -0.332. The van der Waals surface area contributed by atoms with E-state index in [4.69, 9.17) is 0 Å². The largest absolute Gasteiger partial charge is 0.270 e. The van der Waals surface area contributed by atoms with Crippen molar-refractivity contribution in [1.29, 1.82) is 0 Å². The summed E-state index contributed by atoms with van der Waals surface area (Å²) in [7, 11) is 0. The Morgan fingerprint density at radius 1 is 0.833 bits per heavy atom. The third-order valence-electron chi connectivity index (χ3n) is 4.01. The summed E-state index contributed by atoms with van der Waals surface area (Å²) in [6, 6.07) is 18.4. The van der Waals surface area contributed by atoms with Crippen LogP contribution in [0.3, 0.4) is 0 Å². The monoisotopic (exact) mass is 318 g/mol. The number of non-ortho nitro benzene ring substituents is 1. The molecule has 24 heavy (non-hydrogen) atoms. The molecule has 0 saturated heterocycles. The van der Waals surface area contributed by atoms with Gasteiger partial charge in [-0.25, -0.2) is 9.38 Å². The number of aliphatic imine (C=N–C) groups is 1. The third kappa shape index (κ3) is 2.27. The van der Waals surface area contributed by atoms with E-state index in [0.29, 0.717) is 11.4 Å². The fourth-order valence-corrected chi connectivity index (χ4v) is 2.91. The molecule has 0 aromatic heterocycles. The molecule has 5 heteroatoms. The van der Waals surface area contributed by atoms with Gasteiger partial charge < -0.3 is 0 Å². The van der Waals surface area contributed by atoms with Crippen LogP contribution >= 0.6 is 0 Å². The molecule has 3 aromatic rings. The first kappa shape index (κ1) is 14.3. The summed E-state index contributed by atoms with van der Waals surface area (Å²) < 4.78 is 13.1. The van der Waals surface area contributed by atoms with E-state index in [1.54, 1.807) is 18.2 Å². The van der Waals surface area contributed by atoms with Crippen molar-refractivity contribution in [1.82, 2.24) is 0 Å². The Labute approximate surface area is 137 Å². The van der Waals surface area contributed by atoms with Crippen LogP contribution in [0.4, 0.5) is 15.8 Å². The Kier molecular flexibility index (Phi) is 3.20. The van der Waals surface area contributed by atoms with Crippen LogP contribution in [-0.4, -0.2) is 10.6 Å². The quantitative estimate of drug-likeness (QED) is 0.390. The van der Waals surface area contributed by atoms with Crippen LogP contribution in [0.15, 0.2) is 71.7 Å². The predicted octanol–water partition coefficient (Wildman–Crippen LogP) is 4.88. The topological polar surface area (TPSA) is 55.5 Å². The molecule has 1 aliphatic carbocycles. The van der Waals surface area contributed by atoms with Crippen molar-refractivity contribution < 1.29 is 9.31 Å². The van der Waals surface area contributed by atoms with Crippen LogP contribution in [0.2, 0.25) is 0 Å². The second-order valence-electron chi connectivity index (χ2n) is 5.47. The minimum Gasteiger partial charge on any atom is -0.258 e. The van der Waals surface area contributed by atoms with Gasteiger partial charge in [0.25, 0.3) is 5.69 Å². The van der Waals surface area contributed by atoms with Crippen molar-refractivity contribution in [2.75, 3.05) is 0 Å². The highest BCUT2D eigenvalue weighted by atomic mass is 19.1. The fourth-order valence-electron chi connectivity index (χ4n) is 2.91. The third-order valence-corrected chi connectivity index (χ3v) is 4.01. The number of hydrogen-bond acceptors (Lipinski definition) is 3. The second kappa shape index (κ2) is 5.38. The maximum atomic E-state index is 13.1. The van der Waals surface area contributed by atoms with E-state index in [1.807, 2.05) is 24.3 Å². The molecule has 0 atom stereocenters. The molecule has 0 fully saturated rings. The van der Waals surface area contributed by atoms with E-state index < -0.39 is 4.92 Å². The predicted molar refractivity (Wildman–Crippen MR) is 90.2 cm³/mol. The van der Waals surface area contributed by atoms with Crippen LogP contribution in [0.5, 0.6) is 0 Å². The molecule has 0 radical (unpaired) electrons. The molecule has 0 aliphatic heterocycles. The van der Waals surface area contributed by atoms with Crippen molar-refractivity contribution in [3.05, 3.63) is 93.8 Å². The molecule has 116 valence electrons. The van der Waals surface area contributed by atoms with Gasteiger partial charge in [0.1, 0.15) is 5.82 Å². The Hall–Kier alpha value is -3.34. The van der Waals surface area contributed by atoms with Gasteiger partial charge >= 0.3 is 0 Å². The van der Waals surface area contributed by atoms with Crippen LogP contribution < -0.4 is 0 Å². The standard InChI is InChI=1S/C19H11FN2O2/c20-12-5-7-13(8-6-12)21-19-17-4-2-1-3-15(17)16-10-9-14(22(23)24)11-18(16)19/h1-11H. The smallest absolute Gasteiger partial charge is 0.258 e. The van der Waals surface area contributed by atoms with Crippen molar-refractivity contribution >= 4 is 17.1 Å². The first-order valence-corrected chi connectivity index (χ1v) is 7.36. The van der Waals surface area contributed by atoms with Gasteiger partial charge in [-0.1, -0.05) is 24.3 Å². The number of benzene rings is 3. The van der Waals surface area contributed by atoms with Crippen molar-refractivity contribution in [2.45, 2.75) is 0 Å². The Balaban J connectivity index is 1.95. The summed E-state index contributed by atoms with van der Waals surface area (Å²) in [4.78, 5) is 15.3. The van der Waals surface area contributed by atoms with E-state index >= 15 is 0 Å². The molecule has 4 rings (SSSR count). The summed E-state index contributed by atoms with van der Waals surface area (Å²) in [6.07, 6.45) is 0. The second-order valence-corrected chi connectivity index (χ2v) is 5.47. The van der Waals surface area contributed by atoms with Crippen molar-refractivity contribution in [3.63, 3.8) is 0 Å². The number of rotatable bonds is 2. The van der Waals surface area contributed by atoms with Gasteiger partial charge in [-0.2, -0.15) is 0 Å². The van der Waals surface area contributed by atoms with E-state index in [0.717, 1.165) is 22.3 Å². The molecule has 0 bridgehead atoms. The highest BCUT2D eigenvalue weighted by Crippen LogP contribution is 2.39.